The van der Waals surface area contributed by atoms with Gasteiger partial charge in [0.25, 0.3) is 5.91 Å². The van der Waals surface area contributed by atoms with Crippen molar-refractivity contribution in [1.29, 1.82) is 0 Å². The number of hydrogen-bond donors (Lipinski definition) is 3. The van der Waals surface area contributed by atoms with E-state index in [0.717, 1.165) is 6.42 Å². The number of hydrazine groups is 1. The van der Waals surface area contributed by atoms with Crippen LogP contribution in [-0.2, 0) is 0 Å². The van der Waals surface area contributed by atoms with Gasteiger partial charge in [0, 0.05) is 11.3 Å². The van der Waals surface area contributed by atoms with E-state index in [1.165, 1.54) is 25.3 Å². The van der Waals surface area contributed by atoms with Crippen LogP contribution in [0.1, 0.15) is 23.7 Å². The van der Waals surface area contributed by atoms with Crippen LogP contribution in [0.25, 0.3) is 0 Å². The summed E-state index contributed by atoms with van der Waals surface area (Å²) < 4.78 is 24.0. The van der Waals surface area contributed by atoms with Gasteiger partial charge in [0.2, 0.25) is 0 Å². The lowest BCUT2D eigenvalue weighted by atomic mass is 10.2. The Bertz CT molecular complexity index is 835. The van der Waals surface area contributed by atoms with Crippen molar-refractivity contribution in [1.82, 2.24) is 10.9 Å². The van der Waals surface area contributed by atoms with E-state index in [1.807, 2.05) is 6.92 Å². The van der Waals surface area contributed by atoms with Gasteiger partial charge in [0.15, 0.2) is 16.6 Å². The zero-order valence-electron chi connectivity index (χ0n) is 14.8. The first kappa shape index (κ1) is 20.7. The molecule has 0 unspecified atom stereocenters. The summed E-state index contributed by atoms with van der Waals surface area (Å²) >= 11 is 10.8. The molecule has 0 aliphatic rings. The van der Waals surface area contributed by atoms with Crippen LogP contribution >= 0.6 is 23.8 Å². The molecule has 9 heteroatoms. The van der Waals surface area contributed by atoms with E-state index in [0.29, 0.717) is 29.4 Å². The second kappa shape index (κ2) is 9.94. The molecule has 0 bridgehead atoms. The zero-order valence-corrected chi connectivity index (χ0v) is 16.3. The molecule has 0 aromatic heterocycles. The van der Waals surface area contributed by atoms with Crippen LogP contribution in [-0.4, -0.2) is 24.7 Å². The molecule has 0 atom stereocenters. The lowest BCUT2D eigenvalue weighted by Crippen LogP contribution is -2.43. The number of rotatable bonds is 6. The van der Waals surface area contributed by atoms with Gasteiger partial charge in [-0.1, -0.05) is 18.5 Å². The van der Waals surface area contributed by atoms with Crippen molar-refractivity contribution in [2.75, 3.05) is 19.0 Å². The average Bonchev–Trinajstić information content (AvgIpc) is 2.67. The summed E-state index contributed by atoms with van der Waals surface area (Å²) in [4.78, 5) is 12.3. The third-order valence-electron chi connectivity index (χ3n) is 3.35. The molecule has 1 amide bonds. The molecule has 0 aliphatic carbocycles. The molecule has 0 saturated heterocycles. The highest BCUT2D eigenvalue weighted by molar-refractivity contribution is 7.80. The van der Waals surface area contributed by atoms with Crippen LogP contribution in [0.2, 0.25) is 5.02 Å². The Morgan fingerprint density at radius 3 is 2.63 bits per heavy atom. The summed E-state index contributed by atoms with van der Waals surface area (Å²) in [6.45, 7) is 2.55. The fraction of sp³-hybridized carbons (Fsp3) is 0.222. The maximum Gasteiger partial charge on any atom is 0.269 e. The van der Waals surface area contributed by atoms with Crippen LogP contribution in [0.3, 0.4) is 0 Å². The molecule has 0 fully saturated rings. The number of ether oxygens (including phenoxy) is 2. The molecule has 6 nitrogen and oxygen atoms in total. The summed E-state index contributed by atoms with van der Waals surface area (Å²) in [6.07, 6.45) is 0.860. The highest BCUT2D eigenvalue weighted by Crippen LogP contribution is 2.28. The van der Waals surface area contributed by atoms with Crippen LogP contribution in [0.15, 0.2) is 36.4 Å². The zero-order chi connectivity index (χ0) is 19.8. The Balaban J connectivity index is 1.94. The fourth-order valence-corrected chi connectivity index (χ4v) is 2.41. The summed E-state index contributed by atoms with van der Waals surface area (Å²) in [6, 6.07) is 8.91. The molecule has 144 valence electrons. The number of nitrogens with one attached hydrogen (secondary N) is 3. The molecule has 2 aromatic carbocycles. The van der Waals surface area contributed by atoms with Crippen LogP contribution in [0.4, 0.5) is 10.1 Å². The van der Waals surface area contributed by atoms with E-state index in [-0.39, 0.29) is 10.1 Å². The Morgan fingerprint density at radius 1 is 1.19 bits per heavy atom. The third-order valence-corrected chi connectivity index (χ3v) is 3.85. The van der Waals surface area contributed by atoms with Gasteiger partial charge in [-0.3, -0.25) is 15.6 Å². The minimum Gasteiger partial charge on any atom is -0.493 e. The number of amides is 1. The van der Waals surface area contributed by atoms with Gasteiger partial charge in [0.05, 0.1) is 18.7 Å². The van der Waals surface area contributed by atoms with Crippen molar-refractivity contribution < 1.29 is 18.7 Å². The quantitative estimate of drug-likeness (QED) is 0.494. The first-order valence-corrected chi connectivity index (χ1v) is 8.86. The first-order valence-electron chi connectivity index (χ1n) is 8.07. The SMILES string of the molecule is CCCOc1ccc(C(=O)NNC(=S)Nc2ccc(F)c(Cl)c2)cc1OC. The van der Waals surface area contributed by atoms with Crippen molar-refractivity contribution in [3.05, 3.63) is 52.8 Å². The lowest BCUT2D eigenvalue weighted by Gasteiger charge is -2.14. The smallest absolute Gasteiger partial charge is 0.269 e. The van der Waals surface area contributed by atoms with Crippen LogP contribution in [0.5, 0.6) is 11.5 Å². The van der Waals surface area contributed by atoms with Crippen molar-refractivity contribution in [3.63, 3.8) is 0 Å². The second-order valence-corrected chi connectivity index (χ2v) is 6.19. The molecule has 2 rings (SSSR count). The van der Waals surface area contributed by atoms with Crippen molar-refractivity contribution in [2.45, 2.75) is 13.3 Å². The Kier molecular flexibility index (Phi) is 7.63. The number of methoxy groups -OCH3 is 1. The Morgan fingerprint density at radius 2 is 1.96 bits per heavy atom. The van der Waals surface area contributed by atoms with E-state index >= 15 is 0 Å². The highest BCUT2D eigenvalue weighted by Gasteiger charge is 2.11. The molecule has 0 heterocycles. The maximum absolute atomic E-state index is 13.2. The molecular formula is C18H19ClFN3O3S. The second-order valence-electron chi connectivity index (χ2n) is 5.38. The van der Waals surface area contributed by atoms with Gasteiger partial charge in [-0.25, -0.2) is 4.39 Å². The maximum atomic E-state index is 13.2. The number of carbonyl (C=O) groups is 1. The number of thiocarbonyl (C=S) groups is 1. The normalized spacial score (nSPS) is 10.1. The van der Waals surface area contributed by atoms with Crippen molar-refractivity contribution in [3.8, 4) is 11.5 Å². The standard InChI is InChI=1S/C18H19ClFN3O3S/c1-3-8-26-15-7-4-11(9-16(15)25-2)17(24)22-23-18(27)21-12-5-6-14(20)13(19)10-12/h4-7,9-10H,3,8H2,1-2H3,(H,22,24)(H2,21,23,27). The molecule has 2 aromatic rings. The molecular weight excluding hydrogens is 393 g/mol. The summed E-state index contributed by atoms with van der Waals surface area (Å²) in [5, 5.41) is 2.86. The van der Waals surface area contributed by atoms with Crippen molar-refractivity contribution >= 4 is 40.5 Å². The molecule has 27 heavy (non-hydrogen) atoms. The molecule has 0 saturated carbocycles. The monoisotopic (exact) mass is 411 g/mol. The van der Waals surface area contributed by atoms with E-state index in [2.05, 4.69) is 16.2 Å². The fourth-order valence-electron chi connectivity index (χ4n) is 2.06. The van der Waals surface area contributed by atoms with E-state index in [4.69, 9.17) is 33.3 Å². The van der Waals surface area contributed by atoms with Gasteiger partial charge >= 0.3 is 0 Å². The van der Waals surface area contributed by atoms with Crippen LogP contribution in [0, 0.1) is 5.82 Å². The predicted molar refractivity (Wildman–Crippen MR) is 107 cm³/mol. The van der Waals surface area contributed by atoms with E-state index in [1.54, 1.807) is 18.2 Å². The van der Waals surface area contributed by atoms with Crippen molar-refractivity contribution in [2.24, 2.45) is 0 Å². The molecule has 0 radical (unpaired) electrons. The van der Waals surface area contributed by atoms with Crippen LogP contribution < -0.4 is 25.6 Å². The average molecular weight is 412 g/mol. The van der Waals surface area contributed by atoms with Gasteiger partial charge < -0.3 is 14.8 Å². The summed E-state index contributed by atoms with van der Waals surface area (Å²) in [5.74, 6) is 0.0679. The third kappa shape index (κ3) is 5.97. The number of anilines is 1. The Hall–Kier alpha value is -2.58. The van der Waals surface area contributed by atoms with Gasteiger partial charge in [-0.15, -0.1) is 0 Å². The lowest BCUT2D eigenvalue weighted by molar-refractivity contribution is 0.0943. The number of hydrogen-bond acceptors (Lipinski definition) is 4. The molecule has 0 aliphatic heterocycles. The minimum atomic E-state index is -0.533. The minimum absolute atomic E-state index is 0.0377. The van der Waals surface area contributed by atoms with Gasteiger partial charge in [0.1, 0.15) is 5.82 Å². The largest absolute Gasteiger partial charge is 0.493 e. The topological polar surface area (TPSA) is 71.6 Å². The molecule has 3 N–H and O–H groups in total. The first-order chi connectivity index (χ1) is 12.9. The number of carbonyl (C=O) groups excluding carboxylic acids is 1. The van der Waals surface area contributed by atoms with E-state index < -0.39 is 11.7 Å². The Labute approximate surface area is 167 Å². The summed E-state index contributed by atoms with van der Waals surface area (Å²) in [5.41, 5.74) is 5.86. The predicted octanol–water partition coefficient (Wildman–Crippen LogP) is 3.91. The summed E-state index contributed by atoms with van der Waals surface area (Å²) in [7, 11) is 1.50. The highest BCUT2D eigenvalue weighted by atomic mass is 35.5. The molecule has 0 spiro atoms. The van der Waals surface area contributed by atoms with Gasteiger partial charge in [-0.2, -0.15) is 0 Å². The van der Waals surface area contributed by atoms with E-state index in [9.17, 15) is 9.18 Å². The number of benzene rings is 2. The van der Waals surface area contributed by atoms with Gasteiger partial charge in [-0.05, 0) is 55.0 Å². The number of halogens is 2.